The Bertz CT molecular complexity index is 381. The lowest BCUT2D eigenvalue weighted by molar-refractivity contribution is -0.139. The van der Waals surface area contributed by atoms with Crippen LogP contribution in [0.15, 0.2) is 30.3 Å². The molecule has 1 aliphatic carbocycles. The van der Waals surface area contributed by atoms with E-state index >= 15 is 0 Å². The first kappa shape index (κ1) is 11.2. The van der Waals surface area contributed by atoms with E-state index in [4.69, 9.17) is 5.11 Å². The highest BCUT2D eigenvalue weighted by molar-refractivity contribution is 5.67. The SMILES string of the molecule is CC(C)(CC(=O)O)C1CC1c1ccccc1. The minimum absolute atomic E-state index is 0.0909. The summed E-state index contributed by atoms with van der Waals surface area (Å²) in [6.07, 6.45) is 1.39. The van der Waals surface area contributed by atoms with Gasteiger partial charge in [0.15, 0.2) is 0 Å². The van der Waals surface area contributed by atoms with Crippen molar-refractivity contribution < 1.29 is 9.90 Å². The fourth-order valence-corrected chi connectivity index (χ4v) is 2.65. The predicted octanol–water partition coefficient (Wildman–Crippen LogP) is 3.29. The van der Waals surface area contributed by atoms with Crippen LogP contribution in [0.25, 0.3) is 0 Å². The number of rotatable bonds is 4. The molecule has 86 valence electrons. The normalized spacial score (nSPS) is 24.1. The average Bonchev–Trinajstić information content (AvgIpc) is 2.97. The molecule has 1 aliphatic rings. The average molecular weight is 218 g/mol. The van der Waals surface area contributed by atoms with E-state index in [1.54, 1.807) is 0 Å². The molecule has 0 aromatic heterocycles. The van der Waals surface area contributed by atoms with Crippen molar-refractivity contribution in [2.24, 2.45) is 11.3 Å². The van der Waals surface area contributed by atoms with E-state index in [1.165, 1.54) is 5.56 Å². The number of carbonyl (C=O) groups is 1. The number of hydrogen-bond acceptors (Lipinski definition) is 1. The fourth-order valence-electron chi connectivity index (χ4n) is 2.65. The van der Waals surface area contributed by atoms with Crippen molar-refractivity contribution in [3.8, 4) is 0 Å². The molecule has 0 heterocycles. The smallest absolute Gasteiger partial charge is 0.303 e. The summed E-state index contributed by atoms with van der Waals surface area (Å²) in [6, 6.07) is 10.4. The molecule has 1 fully saturated rings. The Hall–Kier alpha value is -1.31. The Labute approximate surface area is 96.3 Å². The van der Waals surface area contributed by atoms with Gasteiger partial charge < -0.3 is 5.11 Å². The largest absolute Gasteiger partial charge is 0.481 e. The highest BCUT2D eigenvalue weighted by Gasteiger charge is 2.48. The van der Waals surface area contributed by atoms with Crippen molar-refractivity contribution in [3.63, 3.8) is 0 Å². The van der Waals surface area contributed by atoms with Gasteiger partial charge in [-0.3, -0.25) is 4.79 Å². The van der Waals surface area contributed by atoms with Gasteiger partial charge in [0.1, 0.15) is 0 Å². The van der Waals surface area contributed by atoms with Crippen molar-refractivity contribution >= 4 is 5.97 Å². The monoisotopic (exact) mass is 218 g/mol. The zero-order valence-electron chi connectivity index (χ0n) is 9.81. The molecule has 0 spiro atoms. The quantitative estimate of drug-likeness (QED) is 0.842. The molecule has 1 N–H and O–H groups in total. The van der Waals surface area contributed by atoms with Gasteiger partial charge in [0.05, 0.1) is 6.42 Å². The van der Waals surface area contributed by atoms with Crippen LogP contribution in [0.4, 0.5) is 0 Å². The lowest BCUT2D eigenvalue weighted by atomic mass is 9.82. The van der Waals surface area contributed by atoms with Crippen LogP contribution < -0.4 is 0 Å². The number of aliphatic carboxylic acids is 1. The molecule has 2 heteroatoms. The minimum Gasteiger partial charge on any atom is -0.481 e. The van der Waals surface area contributed by atoms with Gasteiger partial charge in [-0.05, 0) is 29.2 Å². The van der Waals surface area contributed by atoms with Crippen LogP contribution in [0.5, 0.6) is 0 Å². The second-order valence-electron chi connectivity index (χ2n) is 5.42. The fraction of sp³-hybridized carbons (Fsp3) is 0.500. The zero-order chi connectivity index (χ0) is 11.8. The molecule has 1 saturated carbocycles. The van der Waals surface area contributed by atoms with Crippen LogP contribution in [-0.4, -0.2) is 11.1 Å². The second kappa shape index (κ2) is 3.93. The Kier molecular flexibility index (Phi) is 2.75. The van der Waals surface area contributed by atoms with Crippen LogP contribution >= 0.6 is 0 Å². The molecule has 2 rings (SSSR count). The van der Waals surface area contributed by atoms with E-state index < -0.39 is 5.97 Å². The van der Waals surface area contributed by atoms with Crippen molar-refractivity contribution in [3.05, 3.63) is 35.9 Å². The topological polar surface area (TPSA) is 37.3 Å². The van der Waals surface area contributed by atoms with Gasteiger partial charge in [-0.15, -0.1) is 0 Å². The standard InChI is InChI=1S/C14H18O2/c1-14(2,9-13(15)16)12-8-11(12)10-6-4-3-5-7-10/h3-7,11-12H,8-9H2,1-2H3,(H,15,16). The molecule has 2 unspecified atom stereocenters. The Morgan fingerprint density at radius 1 is 1.38 bits per heavy atom. The van der Waals surface area contributed by atoms with Crippen LogP contribution in [-0.2, 0) is 4.79 Å². The summed E-state index contributed by atoms with van der Waals surface area (Å²) in [6.45, 7) is 4.13. The summed E-state index contributed by atoms with van der Waals surface area (Å²) >= 11 is 0. The molecule has 0 saturated heterocycles. The van der Waals surface area contributed by atoms with Gasteiger partial charge >= 0.3 is 5.97 Å². The lowest BCUT2D eigenvalue weighted by Crippen LogP contribution is -2.19. The molecular formula is C14H18O2. The van der Waals surface area contributed by atoms with Gasteiger partial charge in [0.2, 0.25) is 0 Å². The van der Waals surface area contributed by atoms with E-state index in [1.807, 2.05) is 6.07 Å². The van der Waals surface area contributed by atoms with Crippen molar-refractivity contribution in [2.75, 3.05) is 0 Å². The summed E-state index contributed by atoms with van der Waals surface area (Å²) in [5, 5.41) is 8.88. The van der Waals surface area contributed by atoms with Crippen LogP contribution in [0.2, 0.25) is 0 Å². The first-order valence-electron chi connectivity index (χ1n) is 5.77. The minimum atomic E-state index is -0.691. The summed E-state index contributed by atoms with van der Waals surface area (Å²) < 4.78 is 0. The third-order valence-electron chi connectivity index (χ3n) is 3.63. The molecule has 0 bridgehead atoms. The van der Waals surface area contributed by atoms with Gasteiger partial charge in [-0.25, -0.2) is 0 Å². The van der Waals surface area contributed by atoms with Crippen molar-refractivity contribution in [1.82, 2.24) is 0 Å². The highest BCUT2D eigenvalue weighted by atomic mass is 16.4. The first-order chi connectivity index (χ1) is 7.50. The highest BCUT2D eigenvalue weighted by Crippen LogP contribution is 2.57. The maximum Gasteiger partial charge on any atom is 0.303 e. The van der Waals surface area contributed by atoms with Crippen LogP contribution in [0.3, 0.4) is 0 Å². The summed E-state index contributed by atoms with van der Waals surface area (Å²) in [4.78, 5) is 10.8. The van der Waals surface area contributed by atoms with Gasteiger partial charge in [-0.2, -0.15) is 0 Å². The summed E-state index contributed by atoms with van der Waals surface area (Å²) in [5.41, 5.74) is 1.26. The molecule has 2 nitrogen and oxygen atoms in total. The molecule has 0 amide bonds. The van der Waals surface area contributed by atoms with Crippen LogP contribution in [0, 0.1) is 11.3 Å². The molecule has 1 aromatic rings. The van der Waals surface area contributed by atoms with E-state index in [-0.39, 0.29) is 11.8 Å². The van der Waals surface area contributed by atoms with Gasteiger partial charge in [0.25, 0.3) is 0 Å². The molecule has 1 aromatic carbocycles. The summed E-state index contributed by atoms with van der Waals surface area (Å²) in [5.74, 6) is 0.394. The van der Waals surface area contributed by atoms with E-state index in [2.05, 4.69) is 38.1 Å². The molecule has 2 atom stereocenters. The maximum atomic E-state index is 10.8. The summed E-state index contributed by atoms with van der Waals surface area (Å²) in [7, 11) is 0. The molecule has 0 aliphatic heterocycles. The van der Waals surface area contributed by atoms with Gasteiger partial charge in [-0.1, -0.05) is 44.2 Å². The number of carboxylic acid groups (broad SMARTS) is 1. The maximum absolute atomic E-state index is 10.8. The third kappa shape index (κ3) is 2.26. The predicted molar refractivity (Wildman–Crippen MR) is 63.3 cm³/mol. The van der Waals surface area contributed by atoms with E-state index in [0.29, 0.717) is 11.8 Å². The van der Waals surface area contributed by atoms with Crippen LogP contribution in [0.1, 0.15) is 38.2 Å². The number of hydrogen-bond donors (Lipinski definition) is 1. The Morgan fingerprint density at radius 2 is 2.00 bits per heavy atom. The Morgan fingerprint density at radius 3 is 2.56 bits per heavy atom. The Balaban J connectivity index is 2.04. The van der Waals surface area contributed by atoms with E-state index in [9.17, 15) is 4.79 Å². The van der Waals surface area contributed by atoms with Gasteiger partial charge in [0, 0.05) is 0 Å². The van der Waals surface area contributed by atoms with Crippen molar-refractivity contribution in [1.29, 1.82) is 0 Å². The van der Waals surface area contributed by atoms with E-state index in [0.717, 1.165) is 6.42 Å². The second-order valence-corrected chi connectivity index (χ2v) is 5.42. The zero-order valence-corrected chi connectivity index (χ0v) is 9.81. The first-order valence-corrected chi connectivity index (χ1v) is 5.77. The molecule has 0 radical (unpaired) electrons. The number of benzene rings is 1. The van der Waals surface area contributed by atoms with Crippen molar-refractivity contribution in [2.45, 2.75) is 32.6 Å². The lowest BCUT2D eigenvalue weighted by Gasteiger charge is -2.22. The molecular weight excluding hydrogens is 200 g/mol. The number of carboxylic acids is 1. The third-order valence-corrected chi connectivity index (χ3v) is 3.63. The molecule has 16 heavy (non-hydrogen) atoms.